The van der Waals surface area contributed by atoms with Crippen molar-refractivity contribution in [1.82, 2.24) is 4.90 Å². The summed E-state index contributed by atoms with van der Waals surface area (Å²) in [6.45, 7) is 3.57. The van der Waals surface area contributed by atoms with Crippen molar-refractivity contribution >= 4 is 28.3 Å². The third-order valence-electron chi connectivity index (χ3n) is 5.47. The topological polar surface area (TPSA) is 50.8 Å². The van der Waals surface area contributed by atoms with Gasteiger partial charge in [-0.05, 0) is 6.42 Å². The zero-order valence-corrected chi connectivity index (χ0v) is 21.1. The van der Waals surface area contributed by atoms with Crippen molar-refractivity contribution in [2.75, 3.05) is 18.8 Å². The minimum atomic E-state index is 0.463. The van der Waals surface area contributed by atoms with Gasteiger partial charge in [-0.25, -0.2) is 0 Å². The maximum atomic E-state index is 8.76. The van der Waals surface area contributed by atoms with Crippen molar-refractivity contribution < 1.29 is 0 Å². The lowest BCUT2D eigenvalue weighted by atomic mass is 10.0. The lowest BCUT2D eigenvalue weighted by Gasteiger charge is -2.22. The molecule has 0 saturated carbocycles. The maximum absolute atomic E-state index is 8.76. The third-order valence-corrected chi connectivity index (χ3v) is 7.08. The highest BCUT2D eigenvalue weighted by atomic mass is 32.2. The van der Waals surface area contributed by atoms with Gasteiger partial charge in [0.1, 0.15) is 4.32 Å². The van der Waals surface area contributed by atoms with E-state index < -0.39 is 0 Å². The van der Waals surface area contributed by atoms with Gasteiger partial charge in [0.2, 0.25) is 0 Å². The molecule has 30 heavy (non-hydrogen) atoms. The van der Waals surface area contributed by atoms with E-state index in [1.54, 1.807) is 11.8 Å². The van der Waals surface area contributed by atoms with Crippen molar-refractivity contribution in [2.24, 2.45) is 0 Å². The van der Waals surface area contributed by atoms with Gasteiger partial charge in [0, 0.05) is 18.8 Å². The molecular formula is C25H45N3S2. The van der Waals surface area contributed by atoms with Gasteiger partial charge in [-0.15, -0.1) is 0 Å². The summed E-state index contributed by atoms with van der Waals surface area (Å²) in [6.07, 6.45) is 23.1. The molecule has 0 atom stereocenters. The molecule has 0 rings (SSSR count). The van der Waals surface area contributed by atoms with E-state index in [1.165, 1.54) is 103 Å². The number of rotatable bonds is 21. The smallest absolute Gasteiger partial charge is 0.136 e. The highest BCUT2D eigenvalue weighted by Gasteiger charge is 2.09. The van der Waals surface area contributed by atoms with Gasteiger partial charge in [-0.1, -0.05) is 127 Å². The summed E-state index contributed by atoms with van der Waals surface area (Å²) < 4.78 is 0.849. The van der Waals surface area contributed by atoms with Crippen LogP contribution in [-0.4, -0.2) is 28.1 Å². The first-order chi connectivity index (χ1) is 14.8. The van der Waals surface area contributed by atoms with Crippen molar-refractivity contribution in [1.29, 1.82) is 10.5 Å². The van der Waals surface area contributed by atoms with Crippen LogP contribution < -0.4 is 0 Å². The molecule has 172 valence electrons. The van der Waals surface area contributed by atoms with Gasteiger partial charge in [0.05, 0.1) is 25.0 Å². The number of nitriles is 2. The fraction of sp³-hybridized carbons (Fsp3) is 0.880. The van der Waals surface area contributed by atoms with Crippen LogP contribution in [0.25, 0.3) is 0 Å². The van der Waals surface area contributed by atoms with E-state index in [9.17, 15) is 0 Å². The number of nitrogens with zero attached hydrogens (tertiary/aromatic N) is 3. The van der Waals surface area contributed by atoms with Crippen molar-refractivity contribution in [2.45, 2.75) is 122 Å². The van der Waals surface area contributed by atoms with Gasteiger partial charge in [0.15, 0.2) is 0 Å². The Balaban J connectivity index is 3.40. The first-order valence-electron chi connectivity index (χ1n) is 12.4. The van der Waals surface area contributed by atoms with Gasteiger partial charge in [-0.3, -0.25) is 0 Å². The summed E-state index contributed by atoms with van der Waals surface area (Å²) in [7, 11) is 0. The summed E-state index contributed by atoms with van der Waals surface area (Å²) in [6, 6.07) is 4.32. The number of thiocarbonyl (C=S) groups is 1. The van der Waals surface area contributed by atoms with Crippen molar-refractivity contribution in [3.63, 3.8) is 0 Å². The minimum Gasteiger partial charge on any atom is -0.355 e. The average Bonchev–Trinajstić information content (AvgIpc) is 2.75. The van der Waals surface area contributed by atoms with Crippen LogP contribution in [0.15, 0.2) is 0 Å². The summed E-state index contributed by atoms with van der Waals surface area (Å²) >= 11 is 7.19. The van der Waals surface area contributed by atoms with Crippen molar-refractivity contribution in [3.8, 4) is 12.1 Å². The van der Waals surface area contributed by atoms with E-state index >= 15 is 0 Å². The molecule has 0 aliphatic carbocycles. The fourth-order valence-corrected chi connectivity index (χ4v) is 4.89. The largest absolute Gasteiger partial charge is 0.355 e. The Kier molecular flexibility index (Phi) is 23.9. The van der Waals surface area contributed by atoms with E-state index in [-0.39, 0.29) is 0 Å². The van der Waals surface area contributed by atoms with E-state index in [2.05, 4.69) is 19.1 Å². The normalized spacial score (nSPS) is 10.5. The molecule has 0 aromatic rings. The molecule has 0 fully saturated rings. The first kappa shape index (κ1) is 29.2. The highest BCUT2D eigenvalue weighted by molar-refractivity contribution is 8.22. The summed E-state index contributed by atoms with van der Waals surface area (Å²) in [5.41, 5.74) is 0. The summed E-state index contributed by atoms with van der Waals surface area (Å²) in [4.78, 5) is 2.01. The van der Waals surface area contributed by atoms with Crippen LogP contribution in [0.3, 0.4) is 0 Å². The molecule has 0 aromatic carbocycles. The molecule has 3 nitrogen and oxygen atoms in total. The van der Waals surface area contributed by atoms with E-state index in [0.717, 1.165) is 10.1 Å². The van der Waals surface area contributed by atoms with Gasteiger partial charge in [-0.2, -0.15) is 10.5 Å². The lowest BCUT2D eigenvalue weighted by Crippen LogP contribution is -2.29. The summed E-state index contributed by atoms with van der Waals surface area (Å²) in [5.74, 6) is 1.05. The number of unbranched alkanes of at least 4 members (excludes halogenated alkanes) is 15. The van der Waals surface area contributed by atoms with E-state index in [0.29, 0.717) is 25.9 Å². The Labute approximate surface area is 197 Å². The van der Waals surface area contributed by atoms with Crippen molar-refractivity contribution in [3.05, 3.63) is 0 Å². The van der Waals surface area contributed by atoms with Crippen LogP contribution >= 0.6 is 24.0 Å². The molecule has 0 bridgehead atoms. The van der Waals surface area contributed by atoms with Crippen LogP contribution in [-0.2, 0) is 0 Å². The van der Waals surface area contributed by atoms with Crippen LogP contribution in [0.4, 0.5) is 0 Å². The Hall–Kier alpha value is -0.780. The van der Waals surface area contributed by atoms with Crippen LogP contribution in [0.2, 0.25) is 0 Å². The quantitative estimate of drug-likeness (QED) is 0.129. The molecule has 0 amide bonds. The Morgan fingerprint density at radius 2 is 1.03 bits per heavy atom. The predicted octanol–water partition coefficient (Wildman–Crippen LogP) is 8.40. The molecule has 0 aliphatic rings. The molecule has 0 aromatic heterocycles. The molecule has 0 spiro atoms. The number of hydrogen-bond acceptors (Lipinski definition) is 4. The van der Waals surface area contributed by atoms with E-state index in [1.807, 2.05) is 4.90 Å². The molecule has 0 unspecified atom stereocenters. The van der Waals surface area contributed by atoms with Crippen LogP contribution in [0, 0.1) is 22.7 Å². The van der Waals surface area contributed by atoms with Gasteiger partial charge < -0.3 is 4.90 Å². The maximum Gasteiger partial charge on any atom is 0.136 e. The number of hydrogen-bond donors (Lipinski definition) is 0. The molecule has 5 heteroatoms. The molecule has 0 saturated heterocycles. The fourth-order valence-electron chi connectivity index (χ4n) is 3.57. The predicted molar refractivity (Wildman–Crippen MR) is 137 cm³/mol. The second kappa shape index (κ2) is 24.5. The van der Waals surface area contributed by atoms with Gasteiger partial charge >= 0.3 is 0 Å². The van der Waals surface area contributed by atoms with E-state index in [4.69, 9.17) is 22.7 Å². The zero-order chi connectivity index (χ0) is 22.1. The standard InChI is InChI=1S/C25H45N3S2/c1-2-3-4-5-6-7-8-9-10-11-12-13-14-15-16-17-24-30-25(29)28(22-18-20-26)23-19-21-27/h2-19,22-24H2,1H3. The van der Waals surface area contributed by atoms with Crippen LogP contribution in [0.5, 0.6) is 0 Å². The molecule has 0 heterocycles. The molecule has 0 radical (unpaired) electrons. The summed E-state index contributed by atoms with van der Waals surface area (Å²) in [5, 5.41) is 17.5. The molecular weight excluding hydrogens is 406 g/mol. The number of thioether (sulfide) groups is 1. The Morgan fingerprint density at radius 1 is 0.667 bits per heavy atom. The Morgan fingerprint density at radius 3 is 1.40 bits per heavy atom. The second-order valence-corrected chi connectivity index (χ2v) is 9.95. The van der Waals surface area contributed by atoms with Crippen LogP contribution in [0.1, 0.15) is 122 Å². The third kappa shape index (κ3) is 20.5. The lowest BCUT2D eigenvalue weighted by molar-refractivity contribution is 0.451. The van der Waals surface area contributed by atoms with Gasteiger partial charge in [0.25, 0.3) is 0 Å². The first-order valence-corrected chi connectivity index (χ1v) is 13.8. The minimum absolute atomic E-state index is 0.463. The zero-order valence-electron chi connectivity index (χ0n) is 19.5. The monoisotopic (exact) mass is 451 g/mol. The Bertz CT molecular complexity index is 450. The molecule has 0 aliphatic heterocycles. The SMILES string of the molecule is CCCCCCCCCCCCCCCCCCSC(=S)N(CCC#N)CCC#N. The molecule has 0 N–H and O–H groups in total. The highest BCUT2D eigenvalue weighted by Crippen LogP contribution is 2.16. The second-order valence-electron chi connectivity index (χ2n) is 8.22. The average molecular weight is 452 g/mol.